The number of amides is 1. The summed E-state index contributed by atoms with van der Waals surface area (Å²) >= 11 is 6.08. The van der Waals surface area contributed by atoms with Crippen LogP contribution >= 0.6 is 11.6 Å². The summed E-state index contributed by atoms with van der Waals surface area (Å²) in [6.45, 7) is 4.01. The van der Waals surface area contributed by atoms with E-state index in [1.54, 1.807) is 6.07 Å². The topological polar surface area (TPSA) is 72.3 Å². The number of piperidine rings is 1. The molecule has 4 N–H and O–H groups in total. The smallest absolute Gasteiger partial charge is 0.250 e. The second-order valence-electron chi connectivity index (χ2n) is 5.21. The zero-order valence-electron chi connectivity index (χ0n) is 11.1. The highest BCUT2D eigenvalue weighted by Crippen LogP contribution is 2.28. The Labute approximate surface area is 118 Å². The first kappa shape index (κ1) is 14.2. The number of carbonyl (C=O) groups is 1. The molecule has 0 bridgehead atoms. The minimum absolute atomic E-state index is 0.253. The van der Waals surface area contributed by atoms with Crippen LogP contribution in [-0.4, -0.2) is 25.0 Å². The Balaban J connectivity index is 2.08. The molecule has 0 spiro atoms. The van der Waals surface area contributed by atoms with Gasteiger partial charge in [0.2, 0.25) is 5.91 Å². The van der Waals surface area contributed by atoms with Gasteiger partial charge < -0.3 is 16.4 Å². The summed E-state index contributed by atoms with van der Waals surface area (Å²) < 4.78 is 0. The molecule has 1 unspecified atom stereocenters. The molecule has 104 valence electrons. The molecule has 1 aromatic rings. The largest absolute Gasteiger partial charge is 0.371 e. The molecule has 1 saturated heterocycles. The molecule has 19 heavy (non-hydrogen) atoms. The fraction of sp³-hybridized carbons (Fsp3) is 0.500. The maximum absolute atomic E-state index is 11.1. The average molecular weight is 282 g/mol. The summed E-state index contributed by atoms with van der Waals surface area (Å²) in [7, 11) is 0. The van der Waals surface area contributed by atoms with E-state index in [0.717, 1.165) is 31.6 Å². The van der Waals surface area contributed by atoms with E-state index in [0.29, 0.717) is 16.5 Å². The van der Waals surface area contributed by atoms with Crippen molar-refractivity contribution >= 4 is 23.2 Å². The lowest BCUT2D eigenvalue weighted by Crippen LogP contribution is -2.39. The maximum Gasteiger partial charge on any atom is 0.250 e. The molecule has 1 heterocycles. The van der Waals surface area contributed by atoms with E-state index >= 15 is 0 Å². The minimum Gasteiger partial charge on any atom is -0.371 e. The van der Waals surface area contributed by atoms with Gasteiger partial charge in [0.05, 0.1) is 10.6 Å². The fourth-order valence-electron chi connectivity index (χ4n) is 2.58. The monoisotopic (exact) mass is 281 g/mol. The number of hydrogen-bond donors (Lipinski definition) is 2. The molecule has 1 fully saturated rings. The van der Waals surface area contributed by atoms with E-state index in [9.17, 15) is 4.79 Å². The molecular weight excluding hydrogens is 262 g/mol. The number of hydrogen-bond acceptors (Lipinski definition) is 3. The van der Waals surface area contributed by atoms with Crippen LogP contribution in [0, 0.1) is 5.92 Å². The highest BCUT2D eigenvalue weighted by molar-refractivity contribution is 6.34. The van der Waals surface area contributed by atoms with Crippen LogP contribution in [0.1, 0.15) is 30.1 Å². The Hall–Kier alpha value is -1.26. The van der Waals surface area contributed by atoms with Crippen LogP contribution in [0.25, 0.3) is 0 Å². The standard InChI is InChI=1S/C14H20ClN3O/c1-9(16)10-4-6-18(7-5-10)11-2-3-12(14(17)19)13(15)8-11/h2-3,8-10H,4-7,16H2,1H3,(H2,17,19). The molecule has 0 saturated carbocycles. The summed E-state index contributed by atoms with van der Waals surface area (Å²) in [5, 5.41) is 0.416. The number of primary amides is 1. The summed E-state index contributed by atoms with van der Waals surface area (Å²) in [5.74, 6) is 0.101. The third-order valence-corrected chi connectivity index (χ3v) is 4.18. The van der Waals surface area contributed by atoms with Crippen molar-refractivity contribution < 1.29 is 4.79 Å². The predicted octanol–water partition coefficient (Wildman–Crippen LogP) is 2.00. The summed E-state index contributed by atoms with van der Waals surface area (Å²) in [6, 6.07) is 5.66. The molecule has 1 aliphatic rings. The molecule has 5 heteroatoms. The van der Waals surface area contributed by atoms with Crippen molar-refractivity contribution in [3.05, 3.63) is 28.8 Å². The summed E-state index contributed by atoms with van der Waals surface area (Å²) in [4.78, 5) is 13.4. The Kier molecular flexibility index (Phi) is 4.32. The van der Waals surface area contributed by atoms with Gasteiger partial charge in [-0.3, -0.25) is 4.79 Å². The fourth-order valence-corrected chi connectivity index (χ4v) is 2.85. The first-order valence-electron chi connectivity index (χ1n) is 6.59. The highest BCUT2D eigenvalue weighted by Gasteiger charge is 2.22. The molecule has 1 aliphatic heterocycles. The van der Waals surface area contributed by atoms with E-state index in [1.165, 1.54) is 0 Å². The van der Waals surface area contributed by atoms with Gasteiger partial charge in [-0.1, -0.05) is 11.6 Å². The third-order valence-electron chi connectivity index (χ3n) is 3.87. The highest BCUT2D eigenvalue weighted by atomic mass is 35.5. The number of nitrogens with zero attached hydrogens (tertiary/aromatic N) is 1. The molecule has 1 atom stereocenters. The van der Waals surface area contributed by atoms with Gasteiger partial charge in [-0.05, 0) is 43.9 Å². The normalized spacial score (nSPS) is 18.4. The lowest BCUT2D eigenvalue weighted by molar-refractivity contribution is 0.100. The SMILES string of the molecule is CC(N)C1CCN(c2ccc(C(N)=O)c(Cl)c2)CC1. The van der Waals surface area contributed by atoms with Crippen molar-refractivity contribution in [3.8, 4) is 0 Å². The van der Waals surface area contributed by atoms with Crippen LogP contribution in [0.4, 0.5) is 5.69 Å². The van der Waals surface area contributed by atoms with Gasteiger partial charge in [0.15, 0.2) is 0 Å². The molecular formula is C14H20ClN3O. The lowest BCUT2D eigenvalue weighted by Gasteiger charge is -2.35. The summed E-state index contributed by atoms with van der Waals surface area (Å²) in [5.41, 5.74) is 12.6. The number of carbonyl (C=O) groups excluding carboxylic acids is 1. The van der Waals surface area contributed by atoms with Gasteiger partial charge in [-0.25, -0.2) is 0 Å². The molecule has 1 amide bonds. The van der Waals surface area contributed by atoms with Gasteiger partial charge in [0, 0.05) is 24.8 Å². The maximum atomic E-state index is 11.1. The van der Waals surface area contributed by atoms with Crippen molar-refractivity contribution in [1.82, 2.24) is 0 Å². The van der Waals surface area contributed by atoms with E-state index in [4.69, 9.17) is 23.1 Å². The van der Waals surface area contributed by atoms with Crippen molar-refractivity contribution in [1.29, 1.82) is 0 Å². The average Bonchev–Trinajstić information content (AvgIpc) is 2.38. The second-order valence-corrected chi connectivity index (χ2v) is 5.62. The third kappa shape index (κ3) is 3.19. The van der Waals surface area contributed by atoms with E-state index < -0.39 is 5.91 Å². The van der Waals surface area contributed by atoms with Crippen LogP contribution in [0.3, 0.4) is 0 Å². The van der Waals surface area contributed by atoms with Crippen molar-refractivity contribution in [3.63, 3.8) is 0 Å². The number of benzene rings is 1. The summed E-state index contributed by atoms with van der Waals surface area (Å²) in [6.07, 6.45) is 2.18. The Morgan fingerprint density at radius 2 is 2.05 bits per heavy atom. The van der Waals surface area contributed by atoms with Gasteiger partial charge in [-0.15, -0.1) is 0 Å². The zero-order chi connectivity index (χ0) is 14.0. The van der Waals surface area contributed by atoms with Crippen LogP contribution in [0.2, 0.25) is 5.02 Å². The second kappa shape index (κ2) is 5.80. The van der Waals surface area contributed by atoms with E-state index in [2.05, 4.69) is 11.8 Å². The molecule has 0 radical (unpaired) electrons. The Morgan fingerprint density at radius 1 is 1.42 bits per heavy atom. The number of rotatable bonds is 3. The quantitative estimate of drug-likeness (QED) is 0.890. The zero-order valence-corrected chi connectivity index (χ0v) is 11.9. The molecule has 0 aromatic heterocycles. The molecule has 0 aliphatic carbocycles. The first-order valence-corrected chi connectivity index (χ1v) is 6.96. The molecule has 4 nitrogen and oxygen atoms in total. The van der Waals surface area contributed by atoms with Gasteiger partial charge in [0.25, 0.3) is 0 Å². The first-order chi connectivity index (χ1) is 8.99. The van der Waals surface area contributed by atoms with Crippen LogP contribution < -0.4 is 16.4 Å². The van der Waals surface area contributed by atoms with E-state index in [-0.39, 0.29) is 6.04 Å². The van der Waals surface area contributed by atoms with Gasteiger partial charge >= 0.3 is 0 Å². The minimum atomic E-state index is -0.493. The van der Waals surface area contributed by atoms with Crippen molar-refractivity contribution in [2.24, 2.45) is 17.4 Å². The number of nitrogens with two attached hydrogens (primary N) is 2. The van der Waals surface area contributed by atoms with Crippen LogP contribution in [0.5, 0.6) is 0 Å². The molecule has 2 rings (SSSR count). The van der Waals surface area contributed by atoms with Crippen LogP contribution in [0.15, 0.2) is 18.2 Å². The van der Waals surface area contributed by atoms with Crippen molar-refractivity contribution in [2.45, 2.75) is 25.8 Å². The number of anilines is 1. The lowest BCUT2D eigenvalue weighted by atomic mass is 9.90. The van der Waals surface area contributed by atoms with Gasteiger partial charge in [-0.2, -0.15) is 0 Å². The van der Waals surface area contributed by atoms with E-state index in [1.807, 2.05) is 12.1 Å². The Morgan fingerprint density at radius 3 is 2.53 bits per heavy atom. The van der Waals surface area contributed by atoms with Gasteiger partial charge in [0.1, 0.15) is 0 Å². The Bertz CT molecular complexity index is 468. The predicted molar refractivity (Wildman–Crippen MR) is 78.6 cm³/mol. The van der Waals surface area contributed by atoms with Crippen molar-refractivity contribution in [2.75, 3.05) is 18.0 Å². The number of halogens is 1. The van der Waals surface area contributed by atoms with Crippen LogP contribution in [-0.2, 0) is 0 Å². The molecule has 1 aromatic carbocycles.